The van der Waals surface area contributed by atoms with E-state index in [1.165, 1.54) is 21.6 Å². The first-order chi connectivity index (χ1) is 11.6. The van der Waals surface area contributed by atoms with Crippen molar-refractivity contribution in [1.82, 2.24) is 9.47 Å². The molecule has 0 bridgehead atoms. The number of nitrogens with zero attached hydrogens (tertiary/aromatic N) is 3. The van der Waals surface area contributed by atoms with E-state index in [-0.39, 0.29) is 17.5 Å². The van der Waals surface area contributed by atoms with Crippen LogP contribution in [0.1, 0.15) is 18.1 Å². The van der Waals surface area contributed by atoms with Gasteiger partial charge in [-0.05, 0) is 24.1 Å². The minimum atomic E-state index is -0.464. The van der Waals surface area contributed by atoms with Crippen LogP contribution >= 0.6 is 0 Å². The third-order valence-electron chi connectivity index (χ3n) is 4.76. The molecular formula is C18H17N3O3. The number of rotatable bonds is 2. The van der Waals surface area contributed by atoms with Gasteiger partial charge < -0.3 is 9.47 Å². The molecule has 6 nitrogen and oxygen atoms in total. The Hall–Kier alpha value is -2.89. The van der Waals surface area contributed by atoms with Crippen molar-refractivity contribution >= 4 is 17.6 Å². The Morgan fingerprint density at radius 3 is 2.54 bits per heavy atom. The number of benzene rings is 1. The second-order valence-corrected chi connectivity index (χ2v) is 6.08. The maximum Gasteiger partial charge on any atom is 0.332 e. The van der Waals surface area contributed by atoms with Gasteiger partial charge in [-0.15, -0.1) is 0 Å². The highest BCUT2D eigenvalue weighted by Gasteiger charge is 2.47. The van der Waals surface area contributed by atoms with E-state index in [1.54, 1.807) is 11.1 Å². The first kappa shape index (κ1) is 14.7. The van der Waals surface area contributed by atoms with Crippen LogP contribution in [0, 0.1) is 0 Å². The van der Waals surface area contributed by atoms with Gasteiger partial charge in [-0.1, -0.05) is 24.3 Å². The molecule has 122 valence electrons. The lowest BCUT2D eigenvalue weighted by Gasteiger charge is -2.28. The third kappa shape index (κ3) is 2.06. The summed E-state index contributed by atoms with van der Waals surface area (Å²) >= 11 is 0. The lowest BCUT2D eigenvalue weighted by atomic mass is 9.95. The van der Waals surface area contributed by atoms with Crippen LogP contribution < -0.4 is 10.5 Å². The highest BCUT2D eigenvalue weighted by atomic mass is 16.2. The molecule has 1 aromatic heterocycles. The highest BCUT2D eigenvalue weighted by Crippen LogP contribution is 2.32. The zero-order chi connectivity index (χ0) is 16.8. The molecule has 0 radical (unpaired) electrons. The SMILES string of the molecule is CCn1cc(N2C(=O)C3Cc4ccccc4CN3C2=O)ccc1=O. The van der Waals surface area contributed by atoms with Crippen LogP contribution in [0.15, 0.2) is 47.4 Å². The molecule has 6 heteroatoms. The minimum Gasteiger partial charge on any atom is -0.314 e. The van der Waals surface area contributed by atoms with Gasteiger partial charge in [-0.25, -0.2) is 9.69 Å². The topological polar surface area (TPSA) is 62.6 Å². The molecule has 1 fully saturated rings. The molecular weight excluding hydrogens is 306 g/mol. The molecule has 2 aromatic rings. The van der Waals surface area contributed by atoms with Crippen LogP contribution in [-0.2, 0) is 24.3 Å². The van der Waals surface area contributed by atoms with Crippen molar-refractivity contribution in [2.24, 2.45) is 0 Å². The van der Waals surface area contributed by atoms with E-state index < -0.39 is 6.04 Å². The van der Waals surface area contributed by atoms with Gasteiger partial charge in [0.05, 0.1) is 5.69 Å². The van der Waals surface area contributed by atoms with E-state index in [4.69, 9.17) is 0 Å². The molecule has 1 atom stereocenters. The second kappa shape index (κ2) is 5.33. The van der Waals surface area contributed by atoms with Gasteiger partial charge in [0.1, 0.15) is 6.04 Å². The zero-order valence-corrected chi connectivity index (χ0v) is 13.3. The first-order valence-corrected chi connectivity index (χ1v) is 8.02. The number of aryl methyl sites for hydroxylation is 1. The standard InChI is InChI=1S/C18H17N3O3/c1-2-19-11-14(7-8-16(19)22)21-17(23)15-9-12-5-3-4-6-13(12)10-20(15)18(21)24/h3-8,11,15H,2,9-10H2,1H3. The van der Waals surface area contributed by atoms with Crippen LogP contribution in [0.3, 0.4) is 0 Å². The van der Waals surface area contributed by atoms with Gasteiger partial charge in [-0.3, -0.25) is 9.59 Å². The Balaban J connectivity index is 1.72. The maximum atomic E-state index is 12.8. The number of carbonyl (C=O) groups excluding carboxylic acids is 2. The number of hydrogen-bond acceptors (Lipinski definition) is 3. The van der Waals surface area contributed by atoms with Crippen molar-refractivity contribution in [2.45, 2.75) is 32.5 Å². The molecule has 0 aliphatic carbocycles. The number of urea groups is 1. The fourth-order valence-corrected chi connectivity index (χ4v) is 3.45. The fourth-order valence-electron chi connectivity index (χ4n) is 3.45. The summed E-state index contributed by atoms with van der Waals surface area (Å²) in [7, 11) is 0. The Labute approximate surface area is 138 Å². The van der Waals surface area contributed by atoms with E-state index >= 15 is 0 Å². The summed E-state index contributed by atoms with van der Waals surface area (Å²) in [5.41, 5.74) is 2.49. The van der Waals surface area contributed by atoms with Crippen LogP contribution in [0.4, 0.5) is 10.5 Å². The number of fused-ring (bicyclic) bond motifs is 2. The van der Waals surface area contributed by atoms with Gasteiger partial charge in [0.15, 0.2) is 0 Å². The number of pyridine rings is 1. The lowest BCUT2D eigenvalue weighted by Crippen LogP contribution is -2.39. The number of aromatic nitrogens is 1. The van der Waals surface area contributed by atoms with Gasteiger partial charge in [-0.2, -0.15) is 0 Å². The van der Waals surface area contributed by atoms with E-state index in [1.807, 2.05) is 31.2 Å². The molecule has 3 heterocycles. The van der Waals surface area contributed by atoms with E-state index in [0.29, 0.717) is 25.2 Å². The average molecular weight is 323 g/mol. The van der Waals surface area contributed by atoms with Gasteiger partial charge >= 0.3 is 6.03 Å². The number of amides is 3. The molecule has 1 unspecified atom stereocenters. The number of carbonyl (C=O) groups is 2. The summed E-state index contributed by atoms with van der Waals surface area (Å²) in [5, 5.41) is 0. The molecule has 0 N–H and O–H groups in total. The summed E-state index contributed by atoms with van der Waals surface area (Å²) in [6, 6.07) is 10.0. The Kier molecular flexibility index (Phi) is 3.26. The molecule has 0 saturated carbocycles. The summed E-state index contributed by atoms with van der Waals surface area (Å²) in [6.07, 6.45) is 2.11. The molecule has 1 saturated heterocycles. The van der Waals surface area contributed by atoms with Crippen molar-refractivity contribution in [1.29, 1.82) is 0 Å². The second-order valence-electron chi connectivity index (χ2n) is 6.08. The van der Waals surface area contributed by atoms with Gasteiger partial charge in [0.25, 0.3) is 11.5 Å². The molecule has 1 aromatic carbocycles. The van der Waals surface area contributed by atoms with Gasteiger partial charge in [0.2, 0.25) is 0 Å². The number of hydrogen-bond donors (Lipinski definition) is 0. The average Bonchev–Trinajstić information content (AvgIpc) is 2.84. The molecule has 0 spiro atoms. The van der Waals surface area contributed by atoms with Crippen LogP contribution in [0.25, 0.3) is 0 Å². The zero-order valence-electron chi connectivity index (χ0n) is 13.3. The third-order valence-corrected chi connectivity index (χ3v) is 4.76. The minimum absolute atomic E-state index is 0.148. The molecule has 24 heavy (non-hydrogen) atoms. The van der Waals surface area contributed by atoms with Crippen molar-refractivity contribution in [2.75, 3.05) is 4.90 Å². The molecule has 2 aliphatic rings. The molecule has 2 aliphatic heterocycles. The van der Waals surface area contributed by atoms with Gasteiger partial charge in [0, 0.05) is 31.8 Å². The monoisotopic (exact) mass is 323 g/mol. The summed E-state index contributed by atoms with van der Waals surface area (Å²) in [4.78, 5) is 40.2. The number of anilines is 1. The highest BCUT2D eigenvalue weighted by molar-refractivity contribution is 6.21. The largest absolute Gasteiger partial charge is 0.332 e. The smallest absolute Gasteiger partial charge is 0.314 e. The Morgan fingerprint density at radius 1 is 1.04 bits per heavy atom. The van der Waals surface area contributed by atoms with E-state index in [2.05, 4.69) is 0 Å². The molecule has 4 rings (SSSR count). The van der Waals surface area contributed by atoms with Crippen LogP contribution in [-0.4, -0.2) is 27.4 Å². The lowest BCUT2D eigenvalue weighted by molar-refractivity contribution is -0.120. The Morgan fingerprint density at radius 2 is 1.79 bits per heavy atom. The summed E-state index contributed by atoms with van der Waals surface area (Å²) in [5.74, 6) is -0.226. The van der Waals surface area contributed by atoms with E-state index in [9.17, 15) is 14.4 Å². The Bertz CT molecular complexity index is 859. The predicted octanol–water partition coefficient (Wildman–Crippen LogP) is 1.76. The van der Waals surface area contributed by atoms with Crippen LogP contribution in [0.5, 0.6) is 0 Å². The summed E-state index contributed by atoms with van der Waals surface area (Å²) in [6.45, 7) is 2.77. The van der Waals surface area contributed by atoms with Crippen molar-refractivity contribution in [3.8, 4) is 0 Å². The van der Waals surface area contributed by atoms with Crippen LogP contribution in [0.2, 0.25) is 0 Å². The van der Waals surface area contributed by atoms with Crippen molar-refractivity contribution < 1.29 is 9.59 Å². The maximum absolute atomic E-state index is 12.8. The predicted molar refractivity (Wildman–Crippen MR) is 88.7 cm³/mol. The quantitative estimate of drug-likeness (QED) is 0.791. The molecule has 3 amide bonds. The number of imide groups is 1. The summed E-state index contributed by atoms with van der Waals surface area (Å²) < 4.78 is 1.49. The van der Waals surface area contributed by atoms with Crippen molar-refractivity contribution in [3.05, 3.63) is 64.1 Å². The first-order valence-electron chi connectivity index (χ1n) is 8.02. The normalized spacial score (nSPS) is 19.5. The van der Waals surface area contributed by atoms with E-state index in [0.717, 1.165) is 11.1 Å². The fraction of sp³-hybridized carbons (Fsp3) is 0.278. The van der Waals surface area contributed by atoms with Crippen molar-refractivity contribution in [3.63, 3.8) is 0 Å².